The Morgan fingerprint density at radius 1 is 1.03 bits per heavy atom. The molecule has 174 valence electrons. The molecule has 6 N–H and O–H groups in total. The van der Waals surface area contributed by atoms with Gasteiger partial charge in [-0.05, 0) is 46.9 Å². The Balaban J connectivity index is 1.52. The summed E-state index contributed by atoms with van der Waals surface area (Å²) < 4.78 is 13.7. The summed E-state index contributed by atoms with van der Waals surface area (Å²) in [6, 6.07) is 19.0. The minimum absolute atomic E-state index is 0.0257. The zero-order valence-electron chi connectivity index (χ0n) is 18.1. The van der Waals surface area contributed by atoms with E-state index in [1.54, 1.807) is 0 Å². The molecule has 0 saturated carbocycles. The molecule has 0 radical (unpaired) electrons. The van der Waals surface area contributed by atoms with Crippen molar-refractivity contribution in [1.82, 2.24) is 5.32 Å². The van der Waals surface area contributed by atoms with Gasteiger partial charge in [0.15, 0.2) is 5.96 Å². The highest BCUT2D eigenvalue weighted by atomic mass is 35.5. The highest BCUT2D eigenvalue weighted by Gasteiger charge is 2.35. The fraction of sp³-hybridized carbons (Fsp3) is 0.160. The lowest BCUT2D eigenvalue weighted by Gasteiger charge is -2.22. The normalized spacial score (nSPS) is 16.4. The van der Waals surface area contributed by atoms with E-state index in [1.807, 2.05) is 48.5 Å². The van der Waals surface area contributed by atoms with Crippen LogP contribution in [0.25, 0.3) is 0 Å². The molecule has 0 aliphatic heterocycles. The Bertz CT molecular complexity index is 1260. The van der Waals surface area contributed by atoms with Gasteiger partial charge in [0.25, 0.3) is 0 Å². The maximum atomic E-state index is 13.7. The van der Waals surface area contributed by atoms with Crippen LogP contribution in [0, 0.1) is 5.82 Å². The fourth-order valence-corrected chi connectivity index (χ4v) is 4.22. The van der Waals surface area contributed by atoms with Gasteiger partial charge < -0.3 is 22.1 Å². The standard InChI is InChI=1S/C25H23ClFN5O2/c26-20-10-9-17(12-21(20)27)31-23(33)24(34)32-22-18-4-2-1-3-16(18)11-19(22)15-7-5-14(6-8-15)13-30-25(28)29/h1-10,12,19,22H,11,13H2,(H,31,33)(H,32,34)(H4,28,29,30). The third-order valence-corrected chi connectivity index (χ3v) is 6.06. The van der Waals surface area contributed by atoms with Crippen LogP contribution in [-0.4, -0.2) is 17.8 Å². The molecule has 9 heteroatoms. The van der Waals surface area contributed by atoms with Crippen molar-refractivity contribution >= 4 is 35.1 Å². The predicted molar refractivity (Wildman–Crippen MR) is 130 cm³/mol. The van der Waals surface area contributed by atoms with Gasteiger partial charge in [-0.2, -0.15) is 0 Å². The Morgan fingerprint density at radius 3 is 2.47 bits per heavy atom. The van der Waals surface area contributed by atoms with E-state index in [4.69, 9.17) is 23.1 Å². The van der Waals surface area contributed by atoms with Crippen LogP contribution in [0.2, 0.25) is 5.02 Å². The van der Waals surface area contributed by atoms with Crippen LogP contribution in [-0.2, 0) is 22.6 Å². The van der Waals surface area contributed by atoms with Crippen molar-refractivity contribution in [2.24, 2.45) is 16.5 Å². The van der Waals surface area contributed by atoms with E-state index >= 15 is 0 Å². The molecular formula is C25H23ClFN5O2. The topological polar surface area (TPSA) is 123 Å². The molecule has 2 atom stereocenters. The molecule has 4 rings (SSSR count). The number of carbonyl (C=O) groups excluding carboxylic acids is 2. The number of nitrogens with two attached hydrogens (primary N) is 2. The summed E-state index contributed by atoms with van der Waals surface area (Å²) in [5, 5.41) is 5.20. The largest absolute Gasteiger partial charge is 0.370 e. The van der Waals surface area contributed by atoms with Crippen molar-refractivity contribution < 1.29 is 14.0 Å². The molecule has 0 aromatic heterocycles. The maximum absolute atomic E-state index is 13.7. The van der Waals surface area contributed by atoms with Crippen LogP contribution in [0.4, 0.5) is 10.1 Å². The summed E-state index contributed by atoms with van der Waals surface area (Å²) in [6.07, 6.45) is 0.707. The second-order valence-electron chi connectivity index (χ2n) is 8.03. The summed E-state index contributed by atoms with van der Waals surface area (Å²) in [5.74, 6) is -2.44. The lowest BCUT2D eigenvalue weighted by atomic mass is 9.91. The van der Waals surface area contributed by atoms with Gasteiger partial charge in [-0.15, -0.1) is 0 Å². The van der Waals surface area contributed by atoms with E-state index in [-0.39, 0.29) is 22.6 Å². The monoisotopic (exact) mass is 479 g/mol. The van der Waals surface area contributed by atoms with Crippen LogP contribution in [0.15, 0.2) is 71.7 Å². The fourth-order valence-electron chi connectivity index (χ4n) is 4.10. The molecule has 2 amide bonds. The van der Waals surface area contributed by atoms with Crippen LogP contribution < -0.4 is 22.1 Å². The van der Waals surface area contributed by atoms with E-state index < -0.39 is 23.7 Å². The molecule has 0 fully saturated rings. The Labute approximate surface area is 201 Å². The third-order valence-electron chi connectivity index (χ3n) is 5.75. The lowest BCUT2D eigenvalue weighted by Crippen LogP contribution is -2.39. The number of hydrogen-bond acceptors (Lipinski definition) is 3. The van der Waals surface area contributed by atoms with E-state index in [2.05, 4.69) is 15.6 Å². The van der Waals surface area contributed by atoms with Gasteiger partial charge in [0.1, 0.15) is 5.82 Å². The van der Waals surface area contributed by atoms with Crippen LogP contribution in [0.3, 0.4) is 0 Å². The number of anilines is 1. The van der Waals surface area contributed by atoms with E-state index in [0.717, 1.165) is 28.3 Å². The van der Waals surface area contributed by atoms with E-state index in [1.165, 1.54) is 12.1 Å². The molecule has 2 unspecified atom stereocenters. The molecule has 1 aliphatic rings. The van der Waals surface area contributed by atoms with E-state index in [9.17, 15) is 14.0 Å². The van der Waals surface area contributed by atoms with E-state index in [0.29, 0.717) is 13.0 Å². The first-order valence-electron chi connectivity index (χ1n) is 10.6. The second kappa shape index (κ2) is 9.93. The Morgan fingerprint density at radius 2 is 1.76 bits per heavy atom. The summed E-state index contributed by atoms with van der Waals surface area (Å²) in [5.41, 5.74) is 15.0. The number of nitrogens with one attached hydrogen (secondary N) is 2. The van der Waals surface area contributed by atoms with Crippen molar-refractivity contribution in [3.05, 3.63) is 99.8 Å². The average molecular weight is 480 g/mol. The number of carbonyl (C=O) groups is 2. The molecule has 7 nitrogen and oxygen atoms in total. The van der Waals surface area contributed by atoms with Crippen molar-refractivity contribution in [2.75, 3.05) is 5.32 Å². The number of aliphatic imine (C=N–C) groups is 1. The molecule has 0 spiro atoms. The number of halogens is 2. The van der Waals surface area contributed by atoms with Gasteiger partial charge in [0.2, 0.25) is 0 Å². The zero-order valence-corrected chi connectivity index (χ0v) is 18.9. The molecule has 0 saturated heterocycles. The van der Waals surface area contributed by atoms with Crippen molar-refractivity contribution in [3.63, 3.8) is 0 Å². The van der Waals surface area contributed by atoms with Gasteiger partial charge in [0, 0.05) is 11.6 Å². The molecule has 0 heterocycles. The zero-order chi connectivity index (χ0) is 24.2. The van der Waals surface area contributed by atoms with Crippen molar-refractivity contribution in [1.29, 1.82) is 0 Å². The predicted octanol–water partition coefficient (Wildman–Crippen LogP) is 3.39. The van der Waals surface area contributed by atoms with Gasteiger partial charge in [0.05, 0.1) is 17.6 Å². The Kier molecular flexibility index (Phi) is 6.79. The number of amides is 2. The number of fused-ring (bicyclic) bond motifs is 1. The molecule has 1 aliphatic carbocycles. The number of hydrogen-bond donors (Lipinski definition) is 4. The minimum Gasteiger partial charge on any atom is -0.370 e. The van der Waals surface area contributed by atoms with Crippen LogP contribution >= 0.6 is 11.6 Å². The first kappa shape index (κ1) is 23.3. The highest BCUT2D eigenvalue weighted by molar-refractivity contribution is 6.39. The average Bonchev–Trinajstić information content (AvgIpc) is 3.18. The summed E-state index contributed by atoms with van der Waals surface area (Å²) >= 11 is 5.67. The summed E-state index contributed by atoms with van der Waals surface area (Å²) in [4.78, 5) is 29.3. The van der Waals surface area contributed by atoms with Gasteiger partial charge in [-0.3, -0.25) is 9.59 Å². The molecule has 0 bridgehead atoms. The van der Waals surface area contributed by atoms with Crippen LogP contribution in [0.5, 0.6) is 0 Å². The third kappa shape index (κ3) is 5.18. The lowest BCUT2D eigenvalue weighted by molar-refractivity contribution is -0.136. The number of nitrogens with zero attached hydrogens (tertiary/aromatic N) is 1. The summed E-state index contributed by atoms with van der Waals surface area (Å²) in [7, 11) is 0. The minimum atomic E-state index is -0.891. The summed E-state index contributed by atoms with van der Waals surface area (Å²) in [6.45, 7) is 0.374. The van der Waals surface area contributed by atoms with Gasteiger partial charge in [-0.25, -0.2) is 9.38 Å². The smallest absolute Gasteiger partial charge is 0.313 e. The SMILES string of the molecule is NC(N)=NCc1ccc(C2Cc3ccccc3C2NC(=O)C(=O)Nc2ccc(Cl)c(F)c2)cc1. The quantitative estimate of drug-likeness (QED) is 0.254. The molecule has 3 aromatic carbocycles. The first-order valence-corrected chi connectivity index (χ1v) is 11.0. The molecule has 34 heavy (non-hydrogen) atoms. The first-order chi connectivity index (χ1) is 16.3. The Hall–Kier alpha value is -3.91. The second-order valence-corrected chi connectivity index (χ2v) is 8.43. The van der Waals surface area contributed by atoms with Crippen molar-refractivity contribution in [3.8, 4) is 0 Å². The molecular weight excluding hydrogens is 457 g/mol. The van der Waals surface area contributed by atoms with Crippen molar-refractivity contribution in [2.45, 2.75) is 24.9 Å². The van der Waals surface area contributed by atoms with Gasteiger partial charge >= 0.3 is 11.8 Å². The number of guanidine groups is 1. The van der Waals surface area contributed by atoms with Crippen LogP contribution in [0.1, 0.15) is 34.2 Å². The number of rotatable bonds is 5. The molecule has 3 aromatic rings. The number of benzene rings is 3. The highest BCUT2D eigenvalue weighted by Crippen LogP contribution is 2.42. The van der Waals surface area contributed by atoms with Gasteiger partial charge in [-0.1, -0.05) is 60.1 Å². The maximum Gasteiger partial charge on any atom is 0.313 e.